The van der Waals surface area contributed by atoms with Gasteiger partial charge in [-0.3, -0.25) is 4.79 Å². The lowest BCUT2D eigenvalue weighted by atomic mass is 10.0. The number of amides is 1. The summed E-state index contributed by atoms with van der Waals surface area (Å²) in [5.41, 5.74) is 0.898. The number of piperidine rings is 1. The van der Waals surface area contributed by atoms with Gasteiger partial charge in [0.05, 0.1) is 24.8 Å². The van der Waals surface area contributed by atoms with E-state index < -0.39 is 0 Å². The number of rotatable bonds is 4. The maximum Gasteiger partial charge on any atom is 0.225 e. The summed E-state index contributed by atoms with van der Waals surface area (Å²) in [4.78, 5) is 30.2. The maximum absolute atomic E-state index is 12.4. The molecule has 0 aromatic carbocycles. The average Bonchev–Trinajstić information content (AvgIpc) is 3.24. The Morgan fingerprint density at radius 1 is 1.14 bits per heavy atom. The van der Waals surface area contributed by atoms with Crippen molar-refractivity contribution >= 4 is 11.9 Å². The Morgan fingerprint density at radius 2 is 1.89 bits per heavy atom. The van der Waals surface area contributed by atoms with E-state index in [4.69, 9.17) is 4.74 Å². The van der Waals surface area contributed by atoms with Crippen LogP contribution in [0.25, 0.3) is 11.4 Å². The lowest BCUT2D eigenvalue weighted by molar-refractivity contribution is -0.136. The molecule has 4 heterocycles. The van der Waals surface area contributed by atoms with E-state index in [9.17, 15) is 4.79 Å². The lowest BCUT2D eigenvalue weighted by Crippen LogP contribution is -2.42. The van der Waals surface area contributed by atoms with Crippen molar-refractivity contribution in [3.63, 3.8) is 0 Å². The van der Waals surface area contributed by atoms with E-state index in [1.54, 1.807) is 0 Å². The van der Waals surface area contributed by atoms with Gasteiger partial charge in [0.15, 0.2) is 0 Å². The SMILES string of the molecule is CC(C)C(=O)N1CCC[C@@H](n2ccnc2-c2cnc(N3CCOCC3)nc2)C1. The molecule has 2 aromatic heterocycles. The number of likely N-dealkylation sites (tertiary alicyclic amines) is 1. The second kappa shape index (κ2) is 8.26. The van der Waals surface area contributed by atoms with Crippen LogP contribution in [-0.2, 0) is 9.53 Å². The van der Waals surface area contributed by atoms with E-state index in [2.05, 4.69) is 24.4 Å². The minimum atomic E-state index is 0.0298. The van der Waals surface area contributed by atoms with Gasteiger partial charge in [-0.05, 0) is 12.8 Å². The molecule has 0 saturated carbocycles. The van der Waals surface area contributed by atoms with E-state index in [-0.39, 0.29) is 17.9 Å². The van der Waals surface area contributed by atoms with Crippen LogP contribution in [0.15, 0.2) is 24.8 Å². The summed E-state index contributed by atoms with van der Waals surface area (Å²) in [6.45, 7) is 8.54. The van der Waals surface area contributed by atoms with Crippen LogP contribution >= 0.6 is 0 Å². The van der Waals surface area contributed by atoms with Gasteiger partial charge in [0.1, 0.15) is 5.82 Å². The molecule has 0 bridgehead atoms. The molecule has 2 aliphatic heterocycles. The Labute approximate surface area is 165 Å². The van der Waals surface area contributed by atoms with Crippen LogP contribution in [0.4, 0.5) is 5.95 Å². The van der Waals surface area contributed by atoms with Crippen LogP contribution in [0.5, 0.6) is 0 Å². The van der Waals surface area contributed by atoms with Gasteiger partial charge in [0.2, 0.25) is 11.9 Å². The number of carbonyl (C=O) groups is 1. The zero-order chi connectivity index (χ0) is 19.5. The highest BCUT2D eigenvalue weighted by atomic mass is 16.5. The van der Waals surface area contributed by atoms with Gasteiger partial charge >= 0.3 is 0 Å². The van der Waals surface area contributed by atoms with Crippen LogP contribution in [-0.4, -0.2) is 69.7 Å². The molecular weight excluding hydrogens is 356 g/mol. The van der Waals surface area contributed by atoms with Crippen LogP contribution in [0, 0.1) is 5.92 Å². The maximum atomic E-state index is 12.4. The quantitative estimate of drug-likeness (QED) is 0.802. The highest BCUT2D eigenvalue weighted by molar-refractivity contribution is 5.78. The molecule has 1 atom stereocenters. The second-order valence-electron chi connectivity index (χ2n) is 7.76. The first-order valence-electron chi connectivity index (χ1n) is 10.1. The van der Waals surface area contributed by atoms with Gasteiger partial charge in [0.25, 0.3) is 0 Å². The van der Waals surface area contributed by atoms with Crippen molar-refractivity contribution in [3.05, 3.63) is 24.8 Å². The first kappa shape index (κ1) is 18.9. The molecular formula is C20H28N6O2. The number of anilines is 1. The van der Waals surface area contributed by atoms with Gasteiger partial charge in [-0.2, -0.15) is 0 Å². The Morgan fingerprint density at radius 3 is 2.61 bits per heavy atom. The molecule has 0 N–H and O–H groups in total. The Bertz CT molecular complexity index is 797. The van der Waals surface area contributed by atoms with Gasteiger partial charge in [0, 0.05) is 56.9 Å². The molecule has 28 heavy (non-hydrogen) atoms. The van der Waals surface area contributed by atoms with E-state index in [1.807, 2.05) is 43.5 Å². The van der Waals surface area contributed by atoms with Gasteiger partial charge in [-0.25, -0.2) is 15.0 Å². The van der Waals surface area contributed by atoms with Crippen molar-refractivity contribution < 1.29 is 9.53 Å². The Hall–Kier alpha value is -2.48. The molecule has 1 amide bonds. The summed E-state index contributed by atoms with van der Waals surface area (Å²) in [5.74, 6) is 1.85. The number of hydrogen-bond acceptors (Lipinski definition) is 6. The minimum absolute atomic E-state index is 0.0298. The predicted molar refractivity (Wildman–Crippen MR) is 106 cm³/mol. The molecule has 2 aromatic rings. The molecule has 0 spiro atoms. The smallest absolute Gasteiger partial charge is 0.225 e. The molecule has 2 aliphatic rings. The third-order valence-corrected chi connectivity index (χ3v) is 5.45. The number of nitrogens with zero attached hydrogens (tertiary/aromatic N) is 6. The first-order chi connectivity index (χ1) is 13.6. The number of morpholine rings is 1. The summed E-state index contributed by atoms with van der Waals surface area (Å²) in [6, 6.07) is 0.230. The number of imidazole rings is 1. The van der Waals surface area contributed by atoms with Crippen molar-refractivity contribution in [2.24, 2.45) is 5.92 Å². The molecule has 2 fully saturated rings. The number of hydrogen-bond donors (Lipinski definition) is 0. The van der Waals surface area contributed by atoms with Crippen LogP contribution in [0.2, 0.25) is 0 Å². The zero-order valence-corrected chi connectivity index (χ0v) is 16.6. The van der Waals surface area contributed by atoms with Crippen molar-refractivity contribution in [2.75, 3.05) is 44.3 Å². The monoisotopic (exact) mass is 384 g/mol. The van der Waals surface area contributed by atoms with Crippen molar-refractivity contribution in [3.8, 4) is 11.4 Å². The van der Waals surface area contributed by atoms with Gasteiger partial charge < -0.3 is 19.1 Å². The highest BCUT2D eigenvalue weighted by Crippen LogP contribution is 2.28. The van der Waals surface area contributed by atoms with Gasteiger partial charge in [-0.15, -0.1) is 0 Å². The van der Waals surface area contributed by atoms with Crippen LogP contribution < -0.4 is 4.90 Å². The third kappa shape index (κ3) is 3.87. The Kier molecular flexibility index (Phi) is 5.57. The topological polar surface area (TPSA) is 76.4 Å². The molecule has 8 nitrogen and oxygen atoms in total. The van der Waals surface area contributed by atoms with Gasteiger partial charge in [-0.1, -0.05) is 13.8 Å². The summed E-state index contributed by atoms with van der Waals surface area (Å²) < 4.78 is 7.56. The van der Waals surface area contributed by atoms with Crippen LogP contribution in [0.3, 0.4) is 0 Å². The fourth-order valence-corrected chi connectivity index (χ4v) is 3.94. The van der Waals surface area contributed by atoms with E-state index >= 15 is 0 Å². The van der Waals surface area contributed by atoms with E-state index in [0.29, 0.717) is 13.2 Å². The van der Waals surface area contributed by atoms with Crippen molar-refractivity contribution in [2.45, 2.75) is 32.7 Å². The molecule has 4 rings (SSSR count). The fourth-order valence-electron chi connectivity index (χ4n) is 3.94. The molecule has 0 aliphatic carbocycles. The summed E-state index contributed by atoms with van der Waals surface area (Å²) >= 11 is 0. The fraction of sp³-hybridized carbons (Fsp3) is 0.600. The largest absolute Gasteiger partial charge is 0.378 e. The third-order valence-electron chi connectivity index (χ3n) is 5.45. The van der Waals surface area contributed by atoms with Crippen molar-refractivity contribution in [1.29, 1.82) is 0 Å². The standard InChI is InChI=1S/C20H28N6O2/c1-15(2)19(27)25-6-3-4-17(14-25)26-7-5-21-18(26)16-12-22-20(23-13-16)24-8-10-28-11-9-24/h5,7,12-13,15,17H,3-4,6,8-11,14H2,1-2H3/t17-/m1/s1. The Balaban J connectivity index is 1.51. The summed E-state index contributed by atoms with van der Waals surface area (Å²) in [5, 5.41) is 0. The average molecular weight is 384 g/mol. The first-order valence-corrected chi connectivity index (χ1v) is 10.1. The highest BCUT2D eigenvalue weighted by Gasteiger charge is 2.27. The van der Waals surface area contributed by atoms with E-state index in [0.717, 1.165) is 56.4 Å². The molecule has 8 heteroatoms. The number of ether oxygens (including phenoxy) is 1. The number of aromatic nitrogens is 4. The summed E-state index contributed by atoms with van der Waals surface area (Å²) in [6.07, 6.45) is 9.55. The lowest BCUT2D eigenvalue weighted by Gasteiger charge is -2.35. The summed E-state index contributed by atoms with van der Waals surface area (Å²) in [7, 11) is 0. The molecule has 150 valence electrons. The molecule has 0 unspecified atom stereocenters. The molecule has 0 radical (unpaired) electrons. The van der Waals surface area contributed by atoms with Crippen molar-refractivity contribution in [1.82, 2.24) is 24.4 Å². The number of carbonyl (C=O) groups excluding carboxylic acids is 1. The predicted octanol–water partition coefficient (Wildman–Crippen LogP) is 2.00. The van der Waals surface area contributed by atoms with Crippen LogP contribution in [0.1, 0.15) is 32.7 Å². The second-order valence-corrected chi connectivity index (χ2v) is 7.76. The molecule has 2 saturated heterocycles. The van der Waals surface area contributed by atoms with E-state index in [1.165, 1.54) is 0 Å². The zero-order valence-electron chi connectivity index (χ0n) is 16.6. The minimum Gasteiger partial charge on any atom is -0.378 e. The normalized spacial score (nSPS) is 20.6.